The Morgan fingerprint density at radius 2 is 1.67 bits per heavy atom. The number of hydrogen-bond acceptors (Lipinski definition) is 5. The lowest BCUT2D eigenvalue weighted by atomic mass is 10.2. The summed E-state index contributed by atoms with van der Waals surface area (Å²) in [4.78, 5) is 4.49. The standard InChI is InChI=1S/C17H18Cl3N7/c1-10-14(20)15(22-21-10)16-23-24-17(25(16)2)27-7-5-26(6-8-27)11-3-4-12(18)13(19)9-11/h3-4,9H,5-8H2,1-2H3,(H,21,22). The van der Waals surface area contributed by atoms with Crippen LogP contribution in [0.3, 0.4) is 0 Å². The topological polar surface area (TPSA) is 65.9 Å². The van der Waals surface area contributed by atoms with Gasteiger partial charge in [0, 0.05) is 38.9 Å². The van der Waals surface area contributed by atoms with E-state index in [9.17, 15) is 0 Å². The van der Waals surface area contributed by atoms with Crippen LogP contribution in [0.15, 0.2) is 18.2 Å². The summed E-state index contributed by atoms with van der Waals surface area (Å²) in [6, 6.07) is 5.73. The first-order chi connectivity index (χ1) is 13.0. The number of aryl methyl sites for hydroxylation is 1. The molecule has 27 heavy (non-hydrogen) atoms. The van der Waals surface area contributed by atoms with E-state index in [4.69, 9.17) is 34.8 Å². The molecule has 0 unspecified atom stereocenters. The lowest BCUT2D eigenvalue weighted by Crippen LogP contribution is -2.47. The summed E-state index contributed by atoms with van der Waals surface area (Å²) in [6.07, 6.45) is 0. The molecule has 10 heteroatoms. The van der Waals surface area contributed by atoms with E-state index in [-0.39, 0.29) is 0 Å². The molecule has 0 aliphatic carbocycles. The van der Waals surface area contributed by atoms with Crippen molar-refractivity contribution in [3.8, 4) is 11.5 Å². The molecule has 1 aromatic carbocycles. The van der Waals surface area contributed by atoms with E-state index in [0.29, 0.717) is 26.6 Å². The Labute approximate surface area is 171 Å². The second-order valence-corrected chi connectivity index (χ2v) is 7.66. The highest BCUT2D eigenvalue weighted by Crippen LogP contribution is 2.30. The van der Waals surface area contributed by atoms with Crippen LogP contribution in [-0.4, -0.2) is 51.1 Å². The summed E-state index contributed by atoms with van der Waals surface area (Å²) in [5.41, 5.74) is 2.50. The summed E-state index contributed by atoms with van der Waals surface area (Å²) >= 11 is 18.5. The third-order valence-electron chi connectivity index (χ3n) is 4.77. The number of rotatable bonds is 3. The van der Waals surface area contributed by atoms with Crippen molar-refractivity contribution in [3.05, 3.63) is 39.0 Å². The molecule has 3 heterocycles. The normalized spacial score (nSPS) is 14.9. The van der Waals surface area contributed by atoms with E-state index >= 15 is 0 Å². The van der Waals surface area contributed by atoms with Gasteiger partial charge in [0.2, 0.25) is 5.95 Å². The Morgan fingerprint density at radius 3 is 2.30 bits per heavy atom. The van der Waals surface area contributed by atoms with Gasteiger partial charge in [0.25, 0.3) is 0 Å². The fourth-order valence-corrected chi connectivity index (χ4v) is 3.67. The minimum atomic E-state index is 0.568. The quantitative estimate of drug-likeness (QED) is 0.690. The Bertz CT molecular complexity index is 973. The summed E-state index contributed by atoms with van der Waals surface area (Å²) in [7, 11) is 1.93. The number of piperazine rings is 1. The number of nitrogens with zero attached hydrogens (tertiary/aromatic N) is 6. The molecule has 0 saturated carbocycles. The summed E-state index contributed by atoms with van der Waals surface area (Å²) in [6.45, 7) is 5.21. The van der Waals surface area contributed by atoms with E-state index in [0.717, 1.165) is 43.5 Å². The molecule has 4 rings (SSSR count). The number of benzene rings is 1. The van der Waals surface area contributed by atoms with Gasteiger partial charge in [-0.3, -0.25) is 9.67 Å². The molecule has 0 bridgehead atoms. The maximum absolute atomic E-state index is 6.31. The fourth-order valence-electron chi connectivity index (χ4n) is 3.21. The predicted molar refractivity (Wildman–Crippen MR) is 109 cm³/mol. The highest BCUT2D eigenvalue weighted by molar-refractivity contribution is 6.42. The number of hydrogen-bond donors (Lipinski definition) is 1. The molecule has 1 fully saturated rings. The maximum Gasteiger partial charge on any atom is 0.227 e. The smallest absolute Gasteiger partial charge is 0.227 e. The number of halogens is 3. The second-order valence-electron chi connectivity index (χ2n) is 6.47. The van der Waals surface area contributed by atoms with Crippen molar-refractivity contribution < 1.29 is 0 Å². The van der Waals surface area contributed by atoms with Gasteiger partial charge < -0.3 is 9.80 Å². The second kappa shape index (κ2) is 7.22. The number of H-pyrrole nitrogens is 1. The van der Waals surface area contributed by atoms with Gasteiger partial charge in [-0.1, -0.05) is 34.8 Å². The van der Waals surface area contributed by atoms with Gasteiger partial charge in [0.15, 0.2) is 5.82 Å². The van der Waals surface area contributed by atoms with Crippen molar-refractivity contribution in [2.75, 3.05) is 36.0 Å². The highest BCUT2D eigenvalue weighted by Gasteiger charge is 2.24. The molecule has 0 atom stereocenters. The largest absolute Gasteiger partial charge is 0.368 e. The molecular formula is C17H18Cl3N7. The first kappa shape index (κ1) is 18.4. The number of nitrogens with one attached hydrogen (secondary N) is 1. The van der Waals surface area contributed by atoms with Crippen molar-refractivity contribution in [1.29, 1.82) is 0 Å². The van der Waals surface area contributed by atoms with Gasteiger partial charge in [-0.2, -0.15) is 5.10 Å². The van der Waals surface area contributed by atoms with Crippen LogP contribution in [0.1, 0.15) is 5.69 Å². The van der Waals surface area contributed by atoms with Gasteiger partial charge in [-0.15, -0.1) is 10.2 Å². The average molecular weight is 427 g/mol. The van der Waals surface area contributed by atoms with Gasteiger partial charge >= 0.3 is 0 Å². The Hall–Kier alpha value is -1.96. The molecule has 1 aliphatic rings. The monoisotopic (exact) mass is 425 g/mol. The Balaban J connectivity index is 1.50. The predicted octanol–water partition coefficient (Wildman–Crippen LogP) is 3.80. The number of aromatic nitrogens is 5. The lowest BCUT2D eigenvalue weighted by molar-refractivity contribution is 0.630. The maximum atomic E-state index is 6.31. The van der Waals surface area contributed by atoms with Crippen molar-refractivity contribution in [2.45, 2.75) is 6.92 Å². The third-order valence-corrected chi connectivity index (χ3v) is 5.97. The summed E-state index contributed by atoms with van der Waals surface area (Å²) in [5.74, 6) is 1.45. The van der Waals surface area contributed by atoms with Gasteiger partial charge in [0.05, 0.1) is 20.8 Å². The number of aromatic amines is 1. The van der Waals surface area contributed by atoms with Crippen LogP contribution in [-0.2, 0) is 7.05 Å². The highest BCUT2D eigenvalue weighted by atomic mass is 35.5. The summed E-state index contributed by atoms with van der Waals surface area (Å²) < 4.78 is 1.93. The molecule has 0 amide bonds. The van der Waals surface area contributed by atoms with Crippen LogP contribution < -0.4 is 9.80 Å². The first-order valence-corrected chi connectivity index (χ1v) is 9.64. The lowest BCUT2D eigenvalue weighted by Gasteiger charge is -2.36. The third kappa shape index (κ3) is 3.35. The van der Waals surface area contributed by atoms with Crippen molar-refractivity contribution in [2.24, 2.45) is 7.05 Å². The molecule has 0 radical (unpaired) electrons. The van der Waals surface area contributed by atoms with Gasteiger partial charge in [-0.05, 0) is 25.1 Å². The van der Waals surface area contributed by atoms with Crippen molar-refractivity contribution in [3.63, 3.8) is 0 Å². The van der Waals surface area contributed by atoms with E-state index in [1.807, 2.05) is 36.7 Å². The molecular weight excluding hydrogens is 409 g/mol. The Kier molecular flexibility index (Phi) is 4.92. The first-order valence-electron chi connectivity index (χ1n) is 8.51. The zero-order valence-corrected chi connectivity index (χ0v) is 17.1. The molecule has 2 aromatic heterocycles. The zero-order chi connectivity index (χ0) is 19.1. The molecule has 0 spiro atoms. The Morgan fingerprint density at radius 1 is 0.963 bits per heavy atom. The van der Waals surface area contributed by atoms with Gasteiger partial charge in [-0.25, -0.2) is 0 Å². The van der Waals surface area contributed by atoms with E-state index in [2.05, 4.69) is 30.2 Å². The average Bonchev–Trinajstić information content (AvgIpc) is 3.20. The van der Waals surface area contributed by atoms with E-state index in [1.165, 1.54) is 0 Å². The fraction of sp³-hybridized carbons (Fsp3) is 0.353. The molecule has 1 saturated heterocycles. The van der Waals surface area contributed by atoms with Crippen molar-refractivity contribution >= 4 is 46.4 Å². The molecule has 1 aliphatic heterocycles. The van der Waals surface area contributed by atoms with Crippen LogP contribution in [0.25, 0.3) is 11.5 Å². The van der Waals surface area contributed by atoms with Gasteiger partial charge in [0.1, 0.15) is 5.69 Å². The molecule has 3 aromatic rings. The molecule has 7 nitrogen and oxygen atoms in total. The molecule has 142 valence electrons. The zero-order valence-electron chi connectivity index (χ0n) is 14.9. The van der Waals surface area contributed by atoms with E-state index in [1.54, 1.807) is 0 Å². The molecule has 1 N–H and O–H groups in total. The van der Waals surface area contributed by atoms with Crippen LogP contribution >= 0.6 is 34.8 Å². The number of anilines is 2. The van der Waals surface area contributed by atoms with Crippen LogP contribution in [0.2, 0.25) is 15.1 Å². The van der Waals surface area contributed by atoms with Crippen molar-refractivity contribution in [1.82, 2.24) is 25.0 Å². The minimum absolute atomic E-state index is 0.568. The minimum Gasteiger partial charge on any atom is -0.368 e. The summed E-state index contributed by atoms with van der Waals surface area (Å²) in [5, 5.41) is 17.5. The van der Waals surface area contributed by atoms with E-state index < -0.39 is 0 Å². The van der Waals surface area contributed by atoms with Crippen LogP contribution in [0, 0.1) is 6.92 Å². The SMILES string of the molecule is Cc1[nH]nc(-c2nnc(N3CCN(c4ccc(Cl)c(Cl)c4)CC3)n2C)c1Cl. The van der Waals surface area contributed by atoms with Crippen LogP contribution in [0.5, 0.6) is 0 Å². The van der Waals surface area contributed by atoms with Crippen LogP contribution in [0.4, 0.5) is 11.6 Å².